The Morgan fingerprint density at radius 3 is 2.64 bits per heavy atom. The van der Waals surface area contributed by atoms with Crippen molar-refractivity contribution in [3.8, 4) is 11.5 Å². The molecule has 0 aromatic heterocycles. The number of hydrogen-bond donors (Lipinski definition) is 1. The normalized spacial score (nSPS) is 16.8. The molecule has 0 bridgehead atoms. The third-order valence-electron chi connectivity index (χ3n) is 4.27. The van der Waals surface area contributed by atoms with Gasteiger partial charge in [0.25, 0.3) is 0 Å². The molecular weight excluding hydrogens is 338 g/mol. The minimum Gasteiger partial charge on any atom is -0.497 e. The van der Waals surface area contributed by atoms with Gasteiger partial charge in [-0.2, -0.15) is 0 Å². The maximum Gasteiger partial charge on any atom is 0.240 e. The molecule has 5 nitrogen and oxygen atoms in total. The molecule has 1 unspecified atom stereocenters. The number of aryl methyl sites for hydroxylation is 1. The van der Waals surface area contributed by atoms with E-state index >= 15 is 0 Å². The Labute approximate surface area is 149 Å². The first-order valence-corrected chi connectivity index (χ1v) is 9.91. The van der Waals surface area contributed by atoms with Crippen LogP contribution in [0.5, 0.6) is 11.5 Å². The van der Waals surface area contributed by atoms with Crippen molar-refractivity contribution < 1.29 is 17.9 Å². The van der Waals surface area contributed by atoms with Gasteiger partial charge in [0.05, 0.1) is 18.0 Å². The van der Waals surface area contributed by atoms with Crippen molar-refractivity contribution in [2.45, 2.75) is 37.1 Å². The summed E-state index contributed by atoms with van der Waals surface area (Å²) >= 11 is 0. The fourth-order valence-corrected chi connectivity index (χ4v) is 4.21. The average Bonchev–Trinajstić information content (AvgIpc) is 2.61. The van der Waals surface area contributed by atoms with E-state index in [1.165, 1.54) is 0 Å². The first kappa shape index (κ1) is 17.8. The Bertz CT molecular complexity index is 831. The molecule has 1 atom stereocenters. The summed E-state index contributed by atoms with van der Waals surface area (Å²) in [5.41, 5.74) is 2.08. The summed E-state index contributed by atoms with van der Waals surface area (Å²) in [5, 5.41) is 0. The summed E-state index contributed by atoms with van der Waals surface area (Å²) < 4.78 is 38.9. The lowest BCUT2D eigenvalue weighted by Crippen LogP contribution is -2.42. The third kappa shape index (κ3) is 4.14. The molecular formula is C19H23NO4S. The lowest BCUT2D eigenvalue weighted by Gasteiger charge is -2.26. The number of sulfonamides is 1. The molecule has 6 heteroatoms. The minimum atomic E-state index is -3.57. The molecule has 2 aromatic carbocycles. The summed E-state index contributed by atoms with van der Waals surface area (Å²) in [6, 6.07) is 12.3. The second-order valence-electron chi connectivity index (χ2n) is 6.20. The van der Waals surface area contributed by atoms with Gasteiger partial charge in [0.2, 0.25) is 10.0 Å². The molecule has 1 aliphatic heterocycles. The fourth-order valence-electron chi connectivity index (χ4n) is 2.98. The van der Waals surface area contributed by atoms with E-state index in [1.807, 2.05) is 30.3 Å². The molecule has 25 heavy (non-hydrogen) atoms. The molecule has 2 aromatic rings. The first-order valence-electron chi connectivity index (χ1n) is 8.43. The van der Waals surface area contributed by atoms with Gasteiger partial charge in [-0.25, -0.2) is 13.1 Å². The quantitative estimate of drug-likeness (QED) is 0.859. The molecule has 1 aliphatic rings. The average molecular weight is 361 g/mol. The lowest BCUT2D eigenvalue weighted by molar-refractivity contribution is 0.253. The molecule has 0 fully saturated rings. The monoisotopic (exact) mass is 361 g/mol. The van der Waals surface area contributed by atoms with Crippen LogP contribution in [0.1, 0.15) is 24.5 Å². The predicted molar refractivity (Wildman–Crippen MR) is 96.7 cm³/mol. The zero-order valence-electron chi connectivity index (χ0n) is 14.5. The Kier molecular flexibility index (Phi) is 5.30. The van der Waals surface area contributed by atoms with Crippen LogP contribution in [-0.2, 0) is 22.9 Å². The van der Waals surface area contributed by atoms with E-state index < -0.39 is 10.0 Å². The van der Waals surface area contributed by atoms with E-state index in [2.05, 4.69) is 11.6 Å². The molecule has 0 saturated carbocycles. The van der Waals surface area contributed by atoms with Gasteiger partial charge < -0.3 is 9.47 Å². The number of fused-ring (bicyclic) bond motifs is 1. The first-order chi connectivity index (χ1) is 12.0. The van der Waals surface area contributed by atoms with Crippen molar-refractivity contribution in [3.63, 3.8) is 0 Å². The highest BCUT2D eigenvalue weighted by Gasteiger charge is 2.25. The third-order valence-corrected chi connectivity index (χ3v) is 5.80. The van der Waals surface area contributed by atoms with Gasteiger partial charge in [-0.3, -0.25) is 0 Å². The zero-order valence-corrected chi connectivity index (χ0v) is 15.3. The molecule has 0 saturated heterocycles. The second kappa shape index (κ2) is 7.45. The van der Waals surface area contributed by atoms with Crippen molar-refractivity contribution in [3.05, 3.63) is 53.6 Å². The van der Waals surface area contributed by atoms with Crippen LogP contribution in [0, 0.1) is 0 Å². The van der Waals surface area contributed by atoms with Gasteiger partial charge in [0.1, 0.15) is 18.1 Å². The van der Waals surface area contributed by atoms with Crippen molar-refractivity contribution >= 4 is 10.0 Å². The molecule has 0 radical (unpaired) electrons. The van der Waals surface area contributed by atoms with Crippen molar-refractivity contribution in [2.75, 3.05) is 13.7 Å². The van der Waals surface area contributed by atoms with E-state index in [4.69, 9.17) is 9.47 Å². The van der Waals surface area contributed by atoms with E-state index in [-0.39, 0.29) is 10.9 Å². The number of hydrogen-bond acceptors (Lipinski definition) is 4. The Morgan fingerprint density at radius 2 is 1.96 bits per heavy atom. The highest BCUT2D eigenvalue weighted by molar-refractivity contribution is 7.89. The number of methoxy groups -OCH3 is 1. The van der Waals surface area contributed by atoms with Crippen LogP contribution in [0.3, 0.4) is 0 Å². The summed E-state index contributed by atoms with van der Waals surface area (Å²) in [4.78, 5) is 0.281. The maximum absolute atomic E-state index is 12.6. The van der Waals surface area contributed by atoms with Gasteiger partial charge >= 0.3 is 0 Å². The summed E-state index contributed by atoms with van der Waals surface area (Å²) in [6.45, 7) is 2.41. The zero-order chi connectivity index (χ0) is 17.9. The molecule has 0 spiro atoms. The molecule has 0 aliphatic carbocycles. The predicted octanol–water partition coefficient (Wildman–Crippen LogP) is 2.93. The van der Waals surface area contributed by atoms with E-state index in [1.54, 1.807) is 19.2 Å². The van der Waals surface area contributed by atoms with E-state index in [0.29, 0.717) is 13.0 Å². The highest BCUT2D eigenvalue weighted by atomic mass is 32.2. The largest absolute Gasteiger partial charge is 0.497 e. The summed E-state index contributed by atoms with van der Waals surface area (Å²) in [6.07, 6.45) is 2.55. The van der Waals surface area contributed by atoms with Gasteiger partial charge in [0, 0.05) is 0 Å². The van der Waals surface area contributed by atoms with E-state index in [0.717, 1.165) is 35.5 Å². The Hall–Kier alpha value is -2.05. The molecule has 134 valence electrons. The molecule has 0 amide bonds. The van der Waals surface area contributed by atoms with Crippen LogP contribution in [0.2, 0.25) is 0 Å². The van der Waals surface area contributed by atoms with Crippen LogP contribution in [-0.4, -0.2) is 28.2 Å². The molecule has 3 rings (SSSR count). The standard InChI is InChI=1S/C19H23NO4S/c1-3-4-14-5-8-18(9-6-14)25(21,22)20-16-11-15-12-17(23-2)7-10-19(15)24-13-16/h5-10,12,16,20H,3-4,11,13H2,1-2H3. The van der Waals surface area contributed by atoms with Crippen molar-refractivity contribution in [2.24, 2.45) is 0 Å². The Balaban J connectivity index is 1.72. The summed E-state index contributed by atoms with van der Waals surface area (Å²) in [7, 11) is -1.97. The van der Waals surface area contributed by atoms with Gasteiger partial charge in [-0.05, 0) is 54.3 Å². The minimum absolute atomic E-state index is 0.281. The van der Waals surface area contributed by atoms with E-state index in [9.17, 15) is 8.42 Å². The Morgan fingerprint density at radius 1 is 1.20 bits per heavy atom. The number of nitrogens with one attached hydrogen (secondary N) is 1. The number of rotatable bonds is 6. The smallest absolute Gasteiger partial charge is 0.240 e. The number of benzene rings is 2. The van der Waals surface area contributed by atoms with Crippen molar-refractivity contribution in [1.82, 2.24) is 4.72 Å². The SMILES string of the molecule is CCCc1ccc(S(=O)(=O)NC2COc3ccc(OC)cc3C2)cc1. The topological polar surface area (TPSA) is 64.6 Å². The second-order valence-corrected chi connectivity index (χ2v) is 7.91. The maximum atomic E-state index is 12.6. The van der Waals surface area contributed by atoms with Gasteiger partial charge in [-0.15, -0.1) is 0 Å². The van der Waals surface area contributed by atoms with Gasteiger partial charge in [-0.1, -0.05) is 25.5 Å². The van der Waals surface area contributed by atoms with Gasteiger partial charge in [0.15, 0.2) is 0 Å². The molecule has 1 heterocycles. The number of ether oxygens (including phenoxy) is 2. The fraction of sp³-hybridized carbons (Fsp3) is 0.368. The lowest BCUT2D eigenvalue weighted by atomic mass is 10.0. The van der Waals surface area contributed by atoms with Crippen LogP contribution in [0.4, 0.5) is 0 Å². The van der Waals surface area contributed by atoms with Crippen molar-refractivity contribution in [1.29, 1.82) is 0 Å². The van der Waals surface area contributed by atoms with Crippen LogP contribution >= 0.6 is 0 Å². The summed E-state index contributed by atoms with van der Waals surface area (Å²) in [5.74, 6) is 1.51. The van der Waals surface area contributed by atoms with Crippen LogP contribution < -0.4 is 14.2 Å². The molecule has 1 N–H and O–H groups in total. The van der Waals surface area contributed by atoms with Crippen LogP contribution in [0.15, 0.2) is 47.4 Å². The highest BCUT2D eigenvalue weighted by Crippen LogP contribution is 2.29. The van der Waals surface area contributed by atoms with Crippen LogP contribution in [0.25, 0.3) is 0 Å².